The lowest BCUT2D eigenvalue weighted by Crippen LogP contribution is -2.29. The van der Waals surface area contributed by atoms with Gasteiger partial charge in [-0.25, -0.2) is 4.79 Å². The summed E-state index contributed by atoms with van der Waals surface area (Å²) in [5, 5.41) is 3.36. The quantitative estimate of drug-likeness (QED) is 0.268. The van der Waals surface area contributed by atoms with Crippen molar-refractivity contribution in [3.05, 3.63) is 91.0 Å². The van der Waals surface area contributed by atoms with Crippen molar-refractivity contribution in [3.63, 3.8) is 0 Å². The number of terminal acetylenes is 1. The standard InChI is InChI=1S/C25H23O2P/c1-2-3-13-20-27-25(26)21-28(22-14-7-4-8-15-22,23-16-9-5-10-17-23)24-18-11-6-12-19-24/h1,4-12,14-19,21H,3,13,20H2. The molecule has 0 radical (unpaired) electrons. The van der Waals surface area contributed by atoms with Crippen LogP contribution in [-0.2, 0) is 9.53 Å². The first-order valence-electron chi connectivity index (χ1n) is 9.29. The van der Waals surface area contributed by atoms with E-state index in [0.29, 0.717) is 19.4 Å². The van der Waals surface area contributed by atoms with Gasteiger partial charge in [-0.3, -0.25) is 0 Å². The molecule has 28 heavy (non-hydrogen) atoms. The number of benzene rings is 3. The predicted molar refractivity (Wildman–Crippen MR) is 120 cm³/mol. The van der Waals surface area contributed by atoms with Crippen molar-refractivity contribution in [3.8, 4) is 12.3 Å². The fourth-order valence-corrected chi connectivity index (χ4v) is 6.86. The normalized spacial score (nSPS) is 10.7. The highest BCUT2D eigenvalue weighted by atomic mass is 31.2. The van der Waals surface area contributed by atoms with Crippen molar-refractivity contribution in [2.24, 2.45) is 0 Å². The first-order chi connectivity index (χ1) is 13.8. The maximum Gasteiger partial charge on any atom is 0.331 e. The molecule has 3 heteroatoms. The zero-order valence-corrected chi connectivity index (χ0v) is 16.6. The van der Waals surface area contributed by atoms with Crippen molar-refractivity contribution in [1.82, 2.24) is 0 Å². The highest BCUT2D eigenvalue weighted by Crippen LogP contribution is 2.43. The Labute approximate surface area is 167 Å². The van der Waals surface area contributed by atoms with Gasteiger partial charge in [-0.1, -0.05) is 91.0 Å². The van der Waals surface area contributed by atoms with Gasteiger partial charge in [0.15, 0.2) is 0 Å². The van der Waals surface area contributed by atoms with Gasteiger partial charge in [0.2, 0.25) is 0 Å². The summed E-state index contributed by atoms with van der Waals surface area (Å²) in [6, 6.07) is 30.6. The third-order valence-electron chi connectivity index (χ3n) is 4.50. The molecule has 3 rings (SSSR count). The molecular formula is C25H23O2P. The van der Waals surface area contributed by atoms with Crippen LogP contribution in [-0.4, -0.2) is 18.4 Å². The van der Waals surface area contributed by atoms with Gasteiger partial charge < -0.3 is 4.74 Å². The minimum atomic E-state index is -2.30. The lowest BCUT2D eigenvalue weighted by molar-refractivity contribution is -0.134. The maximum absolute atomic E-state index is 12.8. The van der Waals surface area contributed by atoms with Gasteiger partial charge >= 0.3 is 5.97 Å². The van der Waals surface area contributed by atoms with Crippen LogP contribution in [0.15, 0.2) is 91.0 Å². The van der Waals surface area contributed by atoms with Crippen molar-refractivity contribution in [1.29, 1.82) is 0 Å². The number of ether oxygens (including phenoxy) is 1. The van der Waals surface area contributed by atoms with Crippen molar-refractivity contribution >= 4 is 34.6 Å². The zero-order valence-electron chi connectivity index (χ0n) is 15.7. The molecule has 3 aromatic carbocycles. The molecule has 0 aliphatic heterocycles. The molecule has 0 aliphatic rings. The van der Waals surface area contributed by atoms with Crippen LogP contribution >= 0.6 is 6.89 Å². The van der Waals surface area contributed by atoms with Gasteiger partial charge in [-0.05, 0) is 29.2 Å². The molecule has 0 spiro atoms. The minimum absolute atomic E-state index is 0.304. The average Bonchev–Trinajstić information content (AvgIpc) is 2.77. The van der Waals surface area contributed by atoms with Gasteiger partial charge in [0.05, 0.1) is 6.61 Å². The first kappa shape index (κ1) is 19.7. The topological polar surface area (TPSA) is 26.3 Å². The summed E-state index contributed by atoms with van der Waals surface area (Å²) in [6.07, 6.45) is 6.55. The average molecular weight is 386 g/mol. The SMILES string of the molecule is C#CCCCOC(=O)C=P(c1ccccc1)(c1ccccc1)c1ccccc1. The summed E-state index contributed by atoms with van der Waals surface area (Å²) in [7, 11) is 0. The second-order valence-corrected chi connectivity index (χ2v) is 9.59. The molecule has 0 fully saturated rings. The Morgan fingerprint density at radius 1 is 0.821 bits per heavy atom. The summed E-state index contributed by atoms with van der Waals surface area (Å²) >= 11 is 0. The van der Waals surface area contributed by atoms with E-state index in [1.54, 1.807) is 5.80 Å². The molecule has 0 N–H and O–H groups in total. The summed E-state index contributed by atoms with van der Waals surface area (Å²) in [6.45, 7) is -1.97. The van der Waals surface area contributed by atoms with Crippen LogP contribution in [0.1, 0.15) is 12.8 Å². The van der Waals surface area contributed by atoms with E-state index < -0.39 is 6.89 Å². The molecule has 140 valence electrons. The van der Waals surface area contributed by atoms with E-state index in [2.05, 4.69) is 42.3 Å². The van der Waals surface area contributed by atoms with Gasteiger partial charge in [0.1, 0.15) is 0 Å². The van der Waals surface area contributed by atoms with Crippen LogP contribution in [0.25, 0.3) is 0 Å². The van der Waals surface area contributed by atoms with Crippen molar-refractivity contribution in [2.45, 2.75) is 12.8 Å². The Kier molecular flexibility index (Phi) is 6.90. The molecule has 0 aromatic heterocycles. The molecule has 0 saturated carbocycles. The predicted octanol–water partition coefficient (Wildman–Crippen LogP) is 3.74. The molecule has 2 nitrogen and oxygen atoms in total. The van der Waals surface area contributed by atoms with Gasteiger partial charge in [-0.2, -0.15) is 0 Å². The molecule has 3 aromatic rings. The number of carbonyl (C=O) groups excluding carboxylic acids is 1. The van der Waals surface area contributed by atoms with Crippen LogP contribution in [0.3, 0.4) is 0 Å². The monoisotopic (exact) mass is 386 g/mol. The van der Waals surface area contributed by atoms with Crippen LogP contribution in [0, 0.1) is 12.3 Å². The number of hydrogen-bond acceptors (Lipinski definition) is 2. The Bertz CT molecular complexity index is 884. The lowest BCUT2D eigenvalue weighted by Gasteiger charge is -2.28. The summed E-state index contributed by atoms with van der Waals surface area (Å²) in [4.78, 5) is 12.8. The Morgan fingerprint density at radius 3 is 1.64 bits per heavy atom. The smallest absolute Gasteiger partial charge is 0.331 e. The maximum atomic E-state index is 12.8. The second-order valence-electron chi connectivity index (χ2n) is 6.33. The Balaban J connectivity index is 2.19. The summed E-state index contributed by atoms with van der Waals surface area (Å²) in [5.74, 6) is 4.06. The van der Waals surface area contributed by atoms with Crippen LogP contribution in [0.5, 0.6) is 0 Å². The molecule has 0 bridgehead atoms. The Morgan fingerprint density at radius 2 is 1.25 bits per heavy atom. The highest BCUT2D eigenvalue weighted by Gasteiger charge is 2.26. The number of rotatable bonds is 7. The van der Waals surface area contributed by atoms with Crippen molar-refractivity contribution in [2.75, 3.05) is 6.61 Å². The highest BCUT2D eigenvalue weighted by molar-refractivity contribution is 7.95. The van der Waals surface area contributed by atoms with Gasteiger partial charge in [-0.15, -0.1) is 12.3 Å². The van der Waals surface area contributed by atoms with Gasteiger partial charge in [0, 0.05) is 12.2 Å². The molecular weight excluding hydrogens is 363 g/mol. The fraction of sp³-hybridized carbons (Fsp3) is 0.120. The number of hydrogen-bond donors (Lipinski definition) is 0. The first-order valence-corrected chi connectivity index (χ1v) is 11.1. The molecule has 0 saturated heterocycles. The molecule has 0 atom stereocenters. The number of esters is 1. The largest absolute Gasteiger partial charge is 0.462 e. The number of unbranched alkanes of at least 4 members (excludes halogenated alkanes) is 1. The fourth-order valence-electron chi connectivity index (χ4n) is 3.20. The van der Waals surface area contributed by atoms with Crippen LogP contribution in [0.4, 0.5) is 0 Å². The third kappa shape index (κ3) is 4.45. The molecule has 0 amide bonds. The number of carbonyl (C=O) groups is 1. The molecule has 0 unspecified atom stereocenters. The van der Waals surface area contributed by atoms with Crippen LogP contribution in [0.2, 0.25) is 0 Å². The van der Waals surface area contributed by atoms with E-state index in [1.165, 1.54) is 0 Å². The summed E-state index contributed by atoms with van der Waals surface area (Å²) in [5.41, 5.74) is 0. The van der Waals surface area contributed by atoms with Gasteiger partial charge in [0.25, 0.3) is 0 Å². The third-order valence-corrected chi connectivity index (χ3v) is 8.44. The van der Waals surface area contributed by atoms with E-state index >= 15 is 0 Å². The molecule has 0 heterocycles. The lowest BCUT2D eigenvalue weighted by atomic mass is 10.3. The second kappa shape index (κ2) is 9.79. The van der Waals surface area contributed by atoms with Crippen LogP contribution < -0.4 is 15.9 Å². The van der Waals surface area contributed by atoms with E-state index in [4.69, 9.17) is 11.2 Å². The molecule has 0 aliphatic carbocycles. The van der Waals surface area contributed by atoms with Crippen molar-refractivity contribution < 1.29 is 9.53 Å². The Hall–Kier alpha value is -3.01. The zero-order chi connectivity index (χ0) is 19.7. The summed E-state index contributed by atoms with van der Waals surface area (Å²) < 4.78 is 5.50. The minimum Gasteiger partial charge on any atom is -0.462 e. The van der Waals surface area contributed by atoms with E-state index in [1.807, 2.05) is 54.6 Å². The van der Waals surface area contributed by atoms with E-state index in [0.717, 1.165) is 15.9 Å². The van der Waals surface area contributed by atoms with E-state index in [-0.39, 0.29) is 5.97 Å². The van der Waals surface area contributed by atoms with E-state index in [9.17, 15) is 4.79 Å².